The fourth-order valence-electron chi connectivity index (χ4n) is 2.23. The monoisotopic (exact) mass is 266 g/mol. The van der Waals surface area contributed by atoms with E-state index in [9.17, 15) is 10.1 Å². The summed E-state index contributed by atoms with van der Waals surface area (Å²) < 4.78 is 0. The fraction of sp³-hybridized carbons (Fsp3) is 0.571. The molecule has 0 saturated carbocycles. The Morgan fingerprint density at radius 1 is 1.37 bits per heavy atom. The summed E-state index contributed by atoms with van der Waals surface area (Å²) in [6, 6.07) is 6.60. The van der Waals surface area contributed by atoms with Gasteiger partial charge in [-0.3, -0.25) is 10.1 Å². The lowest BCUT2D eigenvalue weighted by molar-refractivity contribution is -0.384. The van der Waals surface area contributed by atoms with Gasteiger partial charge in [-0.15, -0.1) is 0 Å². The van der Waals surface area contributed by atoms with Crippen LogP contribution in [0.4, 0.5) is 11.4 Å². The first kappa shape index (κ1) is 15.4. The van der Waals surface area contributed by atoms with Crippen molar-refractivity contribution in [1.82, 2.24) is 0 Å². The Kier molecular flexibility index (Phi) is 6.29. The molecule has 0 aliphatic carbocycles. The van der Waals surface area contributed by atoms with Crippen molar-refractivity contribution in [2.75, 3.05) is 24.6 Å². The van der Waals surface area contributed by atoms with Crippen LogP contribution in [0.1, 0.15) is 26.7 Å². The molecule has 1 fully saturated rings. The maximum absolute atomic E-state index is 10.5. The molecule has 5 nitrogen and oxygen atoms in total. The van der Waals surface area contributed by atoms with Gasteiger partial charge in [0.1, 0.15) is 0 Å². The number of nitro groups is 1. The van der Waals surface area contributed by atoms with Crippen LogP contribution < -0.4 is 4.90 Å². The molecule has 0 radical (unpaired) electrons. The molecule has 19 heavy (non-hydrogen) atoms. The molecule has 1 N–H and O–H groups in total. The second-order valence-corrected chi connectivity index (χ2v) is 4.41. The number of nitro benzene ring substituents is 1. The Morgan fingerprint density at radius 3 is 2.53 bits per heavy atom. The first-order valence-electron chi connectivity index (χ1n) is 6.81. The first-order valence-corrected chi connectivity index (χ1v) is 6.81. The number of aliphatic hydroxyl groups is 1. The van der Waals surface area contributed by atoms with E-state index in [2.05, 4.69) is 4.90 Å². The number of anilines is 1. The van der Waals surface area contributed by atoms with Crippen LogP contribution in [0.3, 0.4) is 0 Å². The summed E-state index contributed by atoms with van der Waals surface area (Å²) in [5, 5.41) is 19.7. The van der Waals surface area contributed by atoms with Gasteiger partial charge in [0.05, 0.1) is 4.92 Å². The van der Waals surface area contributed by atoms with Crippen molar-refractivity contribution in [1.29, 1.82) is 0 Å². The Bertz CT molecular complexity index is 392. The van der Waals surface area contributed by atoms with E-state index in [4.69, 9.17) is 5.11 Å². The number of non-ortho nitro benzene ring substituents is 1. The molecule has 0 spiro atoms. The maximum atomic E-state index is 10.5. The minimum Gasteiger partial charge on any atom is -0.396 e. The summed E-state index contributed by atoms with van der Waals surface area (Å²) in [5.41, 5.74) is 1.11. The van der Waals surface area contributed by atoms with Gasteiger partial charge in [0.2, 0.25) is 0 Å². The van der Waals surface area contributed by atoms with Gasteiger partial charge >= 0.3 is 0 Å². The Balaban J connectivity index is 0.000000861. The molecule has 1 saturated heterocycles. The second kappa shape index (κ2) is 7.74. The van der Waals surface area contributed by atoms with E-state index in [1.165, 1.54) is 12.1 Å². The van der Waals surface area contributed by atoms with Gasteiger partial charge in [0.25, 0.3) is 5.69 Å². The van der Waals surface area contributed by atoms with Gasteiger partial charge in [-0.25, -0.2) is 0 Å². The maximum Gasteiger partial charge on any atom is 0.269 e. The largest absolute Gasteiger partial charge is 0.396 e. The van der Waals surface area contributed by atoms with Gasteiger partial charge in [-0.2, -0.15) is 0 Å². The zero-order valence-electron chi connectivity index (χ0n) is 11.6. The number of aliphatic hydroxyl groups excluding tert-OH is 1. The number of piperidine rings is 1. The van der Waals surface area contributed by atoms with Gasteiger partial charge in [0, 0.05) is 37.5 Å². The second-order valence-electron chi connectivity index (χ2n) is 4.41. The fourth-order valence-corrected chi connectivity index (χ4v) is 2.23. The van der Waals surface area contributed by atoms with Crippen molar-refractivity contribution in [2.24, 2.45) is 5.92 Å². The minimum atomic E-state index is -0.392. The molecule has 1 aliphatic rings. The third-order valence-corrected chi connectivity index (χ3v) is 3.20. The molecule has 0 bridgehead atoms. The standard InChI is InChI=1S/C12H16N2O3.C2H6/c15-9-10-2-1-7-13(8-10)11-3-5-12(6-4-11)14(16)17;1-2/h3-6,10,15H,1-2,7-9H2;1-2H3. The minimum absolute atomic E-state index is 0.115. The normalized spacial score (nSPS) is 18.5. The highest BCUT2D eigenvalue weighted by Crippen LogP contribution is 2.24. The molecule has 1 unspecified atom stereocenters. The van der Waals surface area contributed by atoms with Crippen LogP contribution in [0.15, 0.2) is 24.3 Å². The third kappa shape index (κ3) is 4.21. The van der Waals surface area contributed by atoms with Crippen LogP contribution in [0.5, 0.6) is 0 Å². The van der Waals surface area contributed by atoms with Crippen LogP contribution in [-0.4, -0.2) is 29.7 Å². The first-order chi connectivity index (χ1) is 9.20. The van der Waals surface area contributed by atoms with Gasteiger partial charge in [-0.05, 0) is 30.9 Å². The lowest BCUT2D eigenvalue weighted by Gasteiger charge is -2.33. The summed E-state index contributed by atoms with van der Waals surface area (Å²) in [4.78, 5) is 12.3. The zero-order valence-corrected chi connectivity index (χ0v) is 11.6. The molecule has 1 heterocycles. The van der Waals surface area contributed by atoms with Crippen LogP contribution in [-0.2, 0) is 0 Å². The molecule has 106 valence electrons. The van der Waals surface area contributed by atoms with Crippen molar-refractivity contribution in [3.8, 4) is 0 Å². The summed E-state index contributed by atoms with van der Waals surface area (Å²) in [6.45, 7) is 5.99. The number of nitrogens with zero attached hydrogens (tertiary/aromatic N) is 2. The van der Waals surface area contributed by atoms with Gasteiger partial charge in [-0.1, -0.05) is 13.8 Å². The molecule has 1 atom stereocenters. The van der Waals surface area contributed by atoms with Crippen molar-refractivity contribution in [2.45, 2.75) is 26.7 Å². The lowest BCUT2D eigenvalue weighted by atomic mass is 9.98. The zero-order chi connectivity index (χ0) is 14.3. The van der Waals surface area contributed by atoms with E-state index in [-0.39, 0.29) is 12.3 Å². The molecule has 1 aromatic carbocycles. The van der Waals surface area contributed by atoms with E-state index in [0.29, 0.717) is 5.92 Å². The van der Waals surface area contributed by atoms with Crippen LogP contribution in [0.25, 0.3) is 0 Å². The van der Waals surface area contributed by atoms with Crippen molar-refractivity contribution in [3.63, 3.8) is 0 Å². The lowest BCUT2D eigenvalue weighted by Crippen LogP contribution is -2.36. The van der Waals surface area contributed by atoms with Crippen molar-refractivity contribution >= 4 is 11.4 Å². The number of hydrogen-bond acceptors (Lipinski definition) is 4. The number of hydrogen-bond donors (Lipinski definition) is 1. The van der Waals surface area contributed by atoms with Crippen molar-refractivity contribution < 1.29 is 10.0 Å². The highest BCUT2D eigenvalue weighted by molar-refractivity contribution is 5.51. The summed E-state index contributed by atoms with van der Waals surface area (Å²) in [5.74, 6) is 0.318. The van der Waals surface area contributed by atoms with Gasteiger partial charge in [0.15, 0.2) is 0 Å². The number of benzene rings is 1. The molecule has 0 amide bonds. The number of rotatable bonds is 3. The molecular formula is C14H22N2O3. The Morgan fingerprint density at radius 2 is 2.00 bits per heavy atom. The average Bonchev–Trinajstić information content (AvgIpc) is 2.49. The average molecular weight is 266 g/mol. The Hall–Kier alpha value is -1.62. The quantitative estimate of drug-likeness (QED) is 0.675. The van der Waals surface area contributed by atoms with E-state index in [0.717, 1.165) is 31.6 Å². The van der Waals surface area contributed by atoms with E-state index in [1.807, 2.05) is 13.8 Å². The van der Waals surface area contributed by atoms with Gasteiger partial charge < -0.3 is 10.0 Å². The molecule has 1 aromatic rings. The van der Waals surface area contributed by atoms with E-state index >= 15 is 0 Å². The van der Waals surface area contributed by atoms with Crippen LogP contribution in [0.2, 0.25) is 0 Å². The smallest absolute Gasteiger partial charge is 0.269 e. The Labute approximate surface area is 114 Å². The van der Waals surface area contributed by atoms with E-state index in [1.54, 1.807) is 12.1 Å². The molecule has 5 heteroatoms. The summed E-state index contributed by atoms with van der Waals surface area (Å²) in [6.07, 6.45) is 2.11. The SMILES string of the molecule is CC.O=[N+]([O-])c1ccc(N2CCCC(CO)C2)cc1. The predicted octanol–water partition coefficient (Wildman–Crippen LogP) is 2.83. The van der Waals surface area contributed by atoms with Crippen LogP contribution >= 0.6 is 0 Å². The van der Waals surface area contributed by atoms with Crippen molar-refractivity contribution in [3.05, 3.63) is 34.4 Å². The highest BCUT2D eigenvalue weighted by atomic mass is 16.6. The van der Waals surface area contributed by atoms with Crippen LogP contribution in [0, 0.1) is 16.0 Å². The van der Waals surface area contributed by atoms with E-state index < -0.39 is 4.92 Å². The topological polar surface area (TPSA) is 66.6 Å². The summed E-state index contributed by atoms with van der Waals surface area (Å²) in [7, 11) is 0. The molecule has 0 aromatic heterocycles. The molecule has 1 aliphatic heterocycles. The predicted molar refractivity (Wildman–Crippen MR) is 76.5 cm³/mol. The third-order valence-electron chi connectivity index (χ3n) is 3.20. The highest BCUT2D eigenvalue weighted by Gasteiger charge is 2.19. The molecular weight excluding hydrogens is 244 g/mol. The molecule has 2 rings (SSSR count). The summed E-state index contributed by atoms with van der Waals surface area (Å²) >= 11 is 0.